The van der Waals surface area contributed by atoms with E-state index in [1.807, 2.05) is 0 Å². The van der Waals surface area contributed by atoms with Crippen LogP contribution in [0.1, 0.15) is 11.4 Å². The molecule has 0 aliphatic heterocycles. The minimum absolute atomic E-state index is 0. The first kappa shape index (κ1) is 29.1. The summed E-state index contributed by atoms with van der Waals surface area (Å²) in [5.41, 5.74) is 1.53. The zero-order valence-corrected chi connectivity index (χ0v) is 40.3. The van der Waals surface area contributed by atoms with Crippen molar-refractivity contribution in [2.75, 3.05) is 10.6 Å². The van der Waals surface area contributed by atoms with Crippen molar-refractivity contribution in [3.63, 3.8) is 0 Å². The van der Waals surface area contributed by atoms with Gasteiger partial charge in [-0.2, -0.15) is 36.3 Å². The molecule has 0 bridgehead atoms. The average Bonchev–Trinajstić information content (AvgIpc) is 2.82. The van der Waals surface area contributed by atoms with Gasteiger partial charge in [0.2, 0.25) is 11.9 Å². The van der Waals surface area contributed by atoms with Gasteiger partial charge in [0, 0.05) is 60.3 Å². The monoisotopic (exact) mass is 1290 g/mol. The summed E-state index contributed by atoms with van der Waals surface area (Å²) in [5, 5.41) is 35.9. The Morgan fingerprint density at radius 3 is 1.41 bits per heavy atom. The van der Waals surface area contributed by atoms with Crippen LogP contribution < -0.4 is 24.8 Å². The van der Waals surface area contributed by atoms with Gasteiger partial charge in [-0.25, -0.2) is 0 Å². The van der Waals surface area contributed by atoms with Crippen LogP contribution in [0.25, 0.3) is 0 Å². The van der Waals surface area contributed by atoms with Crippen molar-refractivity contribution in [1.29, 1.82) is 0 Å². The molecule has 0 spiro atoms. The molecule has 11 nitrogen and oxygen atoms in total. The zero-order valence-electron chi connectivity index (χ0n) is 21.1. The summed E-state index contributed by atoms with van der Waals surface area (Å²) < 4.78 is 14.9. The molecule has 4 rings (SSSR count). The summed E-state index contributed by atoms with van der Waals surface area (Å²) in [4.78, 5) is 13.3. The van der Waals surface area contributed by atoms with Crippen molar-refractivity contribution in [2.45, 2.75) is 6.42 Å². The second kappa shape index (κ2) is 12.0. The fourth-order valence-corrected chi connectivity index (χ4v) is 3.36. The van der Waals surface area contributed by atoms with E-state index in [9.17, 15) is 15.3 Å². The Morgan fingerprint density at radius 2 is 0.974 bits per heavy atom. The smallest absolute Gasteiger partial charge is 0.232 e. The van der Waals surface area contributed by atoms with Gasteiger partial charge in [-0.15, -0.1) is 0 Å². The van der Waals surface area contributed by atoms with Crippen molar-refractivity contribution in [1.82, 2.24) is 15.0 Å². The van der Waals surface area contributed by atoms with Crippen molar-refractivity contribution in [3.05, 3.63) is 87.3 Å². The Kier molecular flexibility index (Phi) is 8.93. The summed E-state index contributed by atoms with van der Waals surface area (Å²) in [6.07, 6.45) is 0.206. The molecule has 4 aromatic rings. The summed E-state index contributed by atoms with van der Waals surface area (Å²) in [6, 6.07) is 13.6. The maximum absolute atomic E-state index is 9.99. The number of phenols is 3. The Hall–Kier alpha value is -7.93. The average molecular weight is 1290 g/mol. The van der Waals surface area contributed by atoms with Crippen LogP contribution in [0.4, 0.5) is 23.3 Å². The van der Waals surface area contributed by atoms with E-state index < -0.39 is 0 Å². The number of ether oxygens (including phenoxy) is 3. The van der Waals surface area contributed by atoms with Crippen molar-refractivity contribution >= 4 is 23.3 Å². The number of aromatic nitrogens is 3. The standard InChI is InChI=1S/C25H22N5O6.3Rf/c1-34-20-5-14(4-17(31)11-20)6-23-28-24(26-15-7-18(32)12-21(9-15)35-2)30-25(29-23)27-16-8-19(33)13-22(10-16)36-3;;;/h4-5,7-13,31-33H,1-3,6H2,(H2,26,27,28,29,30);;;/q-3;;;. The number of phenolic OH excluding ortho intramolecular Hbond substituents is 3. The van der Waals surface area contributed by atoms with Gasteiger partial charge in [0.25, 0.3) is 0 Å². The first-order valence-corrected chi connectivity index (χ1v) is 10.4. The number of benzene rings is 3. The second-order valence-corrected chi connectivity index (χ2v) is 7.52. The Morgan fingerprint density at radius 1 is 0.564 bits per heavy atom. The molecule has 39 heavy (non-hydrogen) atoms. The molecule has 3 aromatic carbocycles. The molecule has 0 aliphatic carbocycles. The molecular formula is C25H22N5O6Rf3-3. The van der Waals surface area contributed by atoms with E-state index in [1.165, 1.54) is 30.3 Å². The molecule has 5 N–H and O–H groups in total. The van der Waals surface area contributed by atoms with E-state index in [4.69, 9.17) is 14.2 Å². The molecule has 0 aliphatic rings. The minimum atomic E-state index is -0.0489. The number of nitrogens with one attached hydrogen (secondary N) is 2. The Bertz CT molecular complexity index is 1220. The van der Waals surface area contributed by atoms with Crippen molar-refractivity contribution in [2.24, 2.45) is 0 Å². The van der Waals surface area contributed by atoms with Crippen LogP contribution in [0.15, 0.2) is 54.6 Å². The summed E-state index contributed by atoms with van der Waals surface area (Å²) in [7, 11) is 10.1. The van der Waals surface area contributed by atoms with E-state index >= 15 is 0 Å². The van der Waals surface area contributed by atoms with Crippen LogP contribution >= 0.6 is 0 Å². The van der Waals surface area contributed by atoms with Gasteiger partial charge >= 0.3 is 0 Å². The summed E-state index contributed by atoms with van der Waals surface area (Å²) >= 11 is 0. The summed E-state index contributed by atoms with van der Waals surface area (Å²) in [5.74, 6) is 1.54. The number of aromatic hydroxyl groups is 3. The van der Waals surface area contributed by atoms with Gasteiger partial charge in [0.15, 0.2) is 0 Å². The fraction of sp³-hybridized carbons (Fsp3) is 0.0400. The molecular weight excluding hydrogens is 1270 g/mol. The quantitative estimate of drug-likeness (QED) is 0.150. The van der Waals surface area contributed by atoms with E-state index in [0.717, 1.165) is 0 Å². The second-order valence-electron chi connectivity index (χ2n) is 7.52. The predicted octanol–water partition coefficient (Wildman–Crippen LogP) is 4.58. The maximum Gasteiger partial charge on any atom is 0.232 e. The fourth-order valence-electron chi connectivity index (χ4n) is 3.36. The third-order valence-electron chi connectivity index (χ3n) is 4.79. The predicted molar refractivity (Wildman–Crippen MR) is 131 cm³/mol. The minimum Gasteiger partial charge on any atom is -0.665 e. The molecule has 0 saturated heterocycles. The molecule has 14 heteroatoms. The van der Waals surface area contributed by atoms with Crippen LogP contribution in [0.2, 0.25) is 0 Å². The molecule has 192 valence electrons. The number of nitrogens with zero attached hydrogens (tertiary/aromatic N) is 3. The molecule has 0 amide bonds. The molecule has 0 atom stereocenters. The summed E-state index contributed by atoms with van der Waals surface area (Å²) in [6.45, 7) is 0. The van der Waals surface area contributed by atoms with Gasteiger partial charge in [-0.3, -0.25) is 0 Å². The number of hydrogen-bond donors (Lipinski definition) is 5. The number of anilines is 4. The van der Waals surface area contributed by atoms with Gasteiger partial charge in [0.05, 0.1) is 17.2 Å². The van der Waals surface area contributed by atoms with Gasteiger partial charge in [-0.05, 0) is 17.7 Å². The van der Waals surface area contributed by atoms with Crippen LogP contribution in [0.3, 0.4) is 0 Å². The van der Waals surface area contributed by atoms with Crippen molar-refractivity contribution < 1.29 is 29.5 Å². The maximum atomic E-state index is 9.99. The molecule has 0 saturated carbocycles. The number of hydrogen-bond acceptors (Lipinski definition) is 11. The van der Waals surface area contributed by atoms with E-state index in [2.05, 4.69) is 46.9 Å². The van der Waals surface area contributed by atoms with Crippen LogP contribution in [-0.2, 0) is 6.42 Å². The van der Waals surface area contributed by atoms with E-state index in [-0.39, 0.29) is 35.6 Å². The van der Waals surface area contributed by atoms with Gasteiger partial charge in [-0.1, -0.05) is 0 Å². The van der Waals surface area contributed by atoms with Crippen molar-refractivity contribution in [3.8, 4) is 34.5 Å². The third-order valence-corrected chi connectivity index (χ3v) is 4.79. The normalized spacial score (nSPS) is 9.72. The first-order chi connectivity index (χ1) is 17.3. The molecule has 1 heterocycles. The molecule has 0 unspecified atom stereocenters. The first-order valence-electron chi connectivity index (χ1n) is 10.4. The van der Waals surface area contributed by atoms with E-state index in [1.54, 1.807) is 24.3 Å². The Balaban J connectivity index is 0.00000253. The topological polar surface area (TPSA) is 151 Å². The zero-order chi connectivity index (χ0) is 25.7. The van der Waals surface area contributed by atoms with Gasteiger partial charge in [0.1, 0.15) is 23.1 Å². The Labute approximate surface area is 207 Å². The van der Waals surface area contributed by atoms with Crippen LogP contribution in [0, 0.1) is 21.3 Å². The molecule has 0 fully saturated rings. The number of rotatable bonds is 9. The van der Waals surface area contributed by atoms with Crippen LogP contribution in [-0.4, -0.2) is 30.3 Å². The van der Waals surface area contributed by atoms with Crippen LogP contribution in [0.5, 0.6) is 34.5 Å². The molecule has 0 radical (unpaired) electrons. The third kappa shape index (κ3) is 7.03. The van der Waals surface area contributed by atoms with Gasteiger partial charge < -0.3 is 40.2 Å². The SMILES string of the molecule is [CH2-]Oc1cc(O)cc(Cc2nc(Nc3cc(O)cc(O[CH2-])c3)nc(Nc3cc(O)cc(O[CH2-])c3)n2)c1.[Rf].[Rf].[Rf]. The largest absolute Gasteiger partial charge is 0.665 e. The molecule has 1 aromatic heterocycles. The van der Waals surface area contributed by atoms with E-state index in [0.29, 0.717) is 40.0 Å².